The summed E-state index contributed by atoms with van der Waals surface area (Å²) in [5.74, 6) is -0.795. The van der Waals surface area contributed by atoms with Crippen LogP contribution in [0.2, 0.25) is 0 Å². The molecule has 1 heterocycles. The zero-order valence-corrected chi connectivity index (χ0v) is 9.81. The predicted octanol–water partition coefficient (Wildman–Crippen LogP) is 0.169. The molecule has 0 aromatic rings. The maximum atomic E-state index is 11.5. The standard InChI is InChI=1S/C11H19NO4/c1-3-16-11(15)9-5-4-6-12(7-9)10(14)8(2)13/h8-9,13H,3-7H2,1-2H3. The number of hydrogen-bond donors (Lipinski definition) is 1. The Labute approximate surface area is 95.4 Å². The molecule has 1 fully saturated rings. The lowest BCUT2D eigenvalue weighted by Gasteiger charge is -2.32. The molecule has 1 N–H and O–H groups in total. The summed E-state index contributed by atoms with van der Waals surface area (Å²) in [6.45, 7) is 4.54. The first kappa shape index (κ1) is 13.0. The normalized spacial score (nSPS) is 22.7. The minimum Gasteiger partial charge on any atom is -0.466 e. The van der Waals surface area contributed by atoms with Crippen LogP contribution in [0.3, 0.4) is 0 Å². The van der Waals surface area contributed by atoms with Gasteiger partial charge in [0.15, 0.2) is 0 Å². The highest BCUT2D eigenvalue weighted by molar-refractivity contribution is 5.81. The van der Waals surface area contributed by atoms with Crippen LogP contribution >= 0.6 is 0 Å². The number of carbonyl (C=O) groups excluding carboxylic acids is 2. The predicted molar refractivity (Wildman–Crippen MR) is 57.6 cm³/mol. The van der Waals surface area contributed by atoms with Gasteiger partial charge in [0, 0.05) is 13.1 Å². The molecule has 1 amide bonds. The van der Waals surface area contributed by atoms with Gasteiger partial charge in [0.1, 0.15) is 6.10 Å². The molecular formula is C11H19NO4. The van der Waals surface area contributed by atoms with E-state index in [9.17, 15) is 14.7 Å². The first-order valence-corrected chi connectivity index (χ1v) is 5.69. The number of aliphatic hydroxyl groups is 1. The van der Waals surface area contributed by atoms with Gasteiger partial charge in [-0.25, -0.2) is 0 Å². The van der Waals surface area contributed by atoms with Gasteiger partial charge >= 0.3 is 5.97 Å². The van der Waals surface area contributed by atoms with Gasteiger partial charge in [-0.15, -0.1) is 0 Å². The minimum atomic E-state index is -0.999. The lowest BCUT2D eigenvalue weighted by atomic mass is 9.98. The number of nitrogens with zero attached hydrogens (tertiary/aromatic N) is 1. The maximum Gasteiger partial charge on any atom is 0.310 e. The molecule has 0 spiro atoms. The van der Waals surface area contributed by atoms with Crippen LogP contribution in [-0.2, 0) is 14.3 Å². The fraction of sp³-hybridized carbons (Fsp3) is 0.818. The van der Waals surface area contributed by atoms with Crippen LogP contribution < -0.4 is 0 Å². The lowest BCUT2D eigenvalue weighted by Crippen LogP contribution is -2.46. The largest absolute Gasteiger partial charge is 0.466 e. The Morgan fingerprint density at radius 1 is 1.56 bits per heavy atom. The van der Waals surface area contributed by atoms with Crippen LogP contribution in [0.25, 0.3) is 0 Å². The average Bonchev–Trinajstić information content (AvgIpc) is 2.28. The van der Waals surface area contributed by atoms with Crippen LogP contribution in [0.4, 0.5) is 0 Å². The zero-order valence-electron chi connectivity index (χ0n) is 9.81. The number of esters is 1. The summed E-state index contributed by atoms with van der Waals surface area (Å²) in [5.41, 5.74) is 0. The van der Waals surface area contributed by atoms with Gasteiger partial charge in [0.05, 0.1) is 12.5 Å². The van der Waals surface area contributed by atoms with Crippen molar-refractivity contribution in [1.82, 2.24) is 4.90 Å². The molecule has 0 aliphatic carbocycles. The SMILES string of the molecule is CCOC(=O)C1CCCN(C(=O)C(C)O)C1. The van der Waals surface area contributed by atoms with Gasteiger partial charge in [-0.1, -0.05) is 0 Å². The van der Waals surface area contributed by atoms with Crippen LogP contribution in [-0.4, -0.2) is 47.7 Å². The van der Waals surface area contributed by atoms with E-state index in [2.05, 4.69) is 0 Å². The molecule has 1 aliphatic rings. The van der Waals surface area contributed by atoms with Gasteiger partial charge in [0.25, 0.3) is 5.91 Å². The third-order valence-corrected chi connectivity index (χ3v) is 2.71. The fourth-order valence-electron chi connectivity index (χ4n) is 1.89. The Hall–Kier alpha value is -1.10. The number of likely N-dealkylation sites (tertiary alicyclic amines) is 1. The molecule has 0 aromatic carbocycles. The molecule has 0 aromatic heterocycles. The third-order valence-electron chi connectivity index (χ3n) is 2.71. The fourth-order valence-corrected chi connectivity index (χ4v) is 1.89. The molecule has 2 unspecified atom stereocenters. The van der Waals surface area contributed by atoms with Crippen LogP contribution in [0, 0.1) is 5.92 Å². The Balaban J connectivity index is 2.53. The molecule has 5 heteroatoms. The highest BCUT2D eigenvalue weighted by atomic mass is 16.5. The molecule has 92 valence electrons. The van der Waals surface area contributed by atoms with E-state index in [0.717, 1.165) is 12.8 Å². The summed E-state index contributed by atoms with van der Waals surface area (Å²) < 4.78 is 4.93. The van der Waals surface area contributed by atoms with Gasteiger partial charge in [0.2, 0.25) is 0 Å². The lowest BCUT2D eigenvalue weighted by molar-refractivity contribution is -0.152. The number of rotatable bonds is 3. The molecule has 2 atom stereocenters. The number of ether oxygens (including phenoxy) is 1. The van der Waals surface area contributed by atoms with Crippen molar-refractivity contribution in [1.29, 1.82) is 0 Å². The maximum absolute atomic E-state index is 11.5. The highest BCUT2D eigenvalue weighted by Gasteiger charge is 2.30. The number of aliphatic hydroxyl groups excluding tert-OH is 1. The second kappa shape index (κ2) is 5.84. The molecule has 16 heavy (non-hydrogen) atoms. The smallest absolute Gasteiger partial charge is 0.310 e. The van der Waals surface area contributed by atoms with E-state index in [-0.39, 0.29) is 17.8 Å². The van der Waals surface area contributed by atoms with Crippen molar-refractivity contribution in [2.75, 3.05) is 19.7 Å². The quantitative estimate of drug-likeness (QED) is 0.700. The topological polar surface area (TPSA) is 66.8 Å². The molecule has 1 saturated heterocycles. The third kappa shape index (κ3) is 3.20. The van der Waals surface area contributed by atoms with E-state index < -0.39 is 6.10 Å². The van der Waals surface area contributed by atoms with Crippen molar-refractivity contribution in [2.45, 2.75) is 32.8 Å². The first-order valence-electron chi connectivity index (χ1n) is 5.69. The van der Waals surface area contributed by atoms with E-state index in [1.165, 1.54) is 11.8 Å². The number of carbonyl (C=O) groups is 2. The van der Waals surface area contributed by atoms with Crippen molar-refractivity contribution in [3.05, 3.63) is 0 Å². The second-order valence-electron chi connectivity index (χ2n) is 4.05. The summed E-state index contributed by atoms with van der Waals surface area (Å²) in [6.07, 6.45) is 0.533. The summed E-state index contributed by atoms with van der Waals surface area (Å²) in [4.78, 5) is 24.6. The van der Waals surface area contributed by atoms with Gasteiger partial charge in [-0.3, -0.25) is 9.59 Å². The molecule has 1 aliphatic heterocycles. The van der Waals surface area contributed by atoms with Crippen LogP contribution in [0.15, 0.2) is 0 Å². The molecule has 0 radical (unpaired) electrons. The molecular weight excluding hydrogens is 210 g/mol. The molecule has 5 nitrogen and oxygen atoms in total. The van der Waals surface area contributed by atoms with Crippen molar-refractivity contribution < 1.29 is 19.4 Å². The summed E-state index contributed by atoms with van der Waals surface area (Å²) in [6, 6.07) is 0. The molecule has 0 saturated carbocycles. The van der Waals surface area contributed by atoms with E-state index in [0.29, 0.717) is 19.7 Å². The monoisotopic (exact) mass is 229 g/mol. The molecule has 1 rings (SSSR count). The second-order valence-corrected chi connectivity index (χ2v) is 4.05. The van der Waals surface area contributed by atoms with Crippen molar-refractivity contribution in [3.8, 4) is 0 Å². The van der Waals surface area contributed by atoms with Crippen LogP contribution in [0.1, 0.15) is 26.7 Å². The Bertz CT molecular complexity index is 265. The van der Waals surface area contributed by atoms with E-state index in [1.807, 2.05) is 0 Å². The van der Waals surface area contributed by atoms with Crippen LogP contribution in [0.5, 0.6) is 0 Å². The number of hydrogen-bond acceptors (Lipinski definition) is 4. The minimum absolute atomic E-state index is 0.239. The number of piperidine rings is 1. The zero-order chi connectivity index (χ0) is 12.1. The Morgan fingerprint density at radius 3 is 2.81 bits per heavy atom. The highest BCUT2D eigenvalue weighted by Crippen LogP contribution is 2.18. The Kier molecular flexibility index (Phi) is 4.73. The number of amides is 1. The summed E-state index contributed by atoms with van der Waals surface area (Å²) in [7, 11) is 0. The average molecular weight is 229 g/mol. The van der Waals surface area contributed by atoms with Gasteiger partial charge in [-0.2, -0.15) is 0 Å². The van der Waals surface area contributed by atoms with E-state index in [1.54, 1.807) is 6.92 Å². The van der Waals surface area contributed by atoms with E-state index >= 15 is 0 Å². The van der Waals surface area contributed by atoms with Crippen molar-refractivity contribution in [2.24, 2.45) is 5.92 Å². The van der Waals surface area contributed by atoms with Crippen molar-refractivity contribution in [3.63, 3.8) is 0 Å². The van der Waals surface area contributed by atoms with Crippen molar-refractivity contribution >= 4 is 11.9 Å². The van der Waals surface area contributed by atoms with Gasteiger partial charge < -0.3 is 14.7 Å². The molecule has 0 bridgehead atoms. The first-order chi connectivity index (χ1) is 7.56. The van der Waals surface area contributed by atoms with E-state index in [4.69, 9.17) is 4.74 Å². The summed E-state index contributed by atoms with van der Waals surface area (Å²) >= 11 is 0. The Morgan fingerprint density at radius 2 is 2.25 bits per heavy atom. The summed E-state index contributed by atoms with van der Waals surface area (Å²) in [5, 5.41) is 9.19. The van der Waals surface area contributed by atoms with Gasteiger partial charge in [-0.05, 0) is 26.7 Å².